The van der Waals surface area contributed by atoms with Crippen molar-refractivity contribution in [2.24, 2.45) is 0 Å². The predicted molar refractivity (Wildman–Crippen MR) is 72.4 cm³/mol. The Morgan fingerprint density at radius 2 is 2.25 bits per heavy atom. The second-order valence-electron chi connectivity index (χ2n) is 5.44. The van der Waals surface area contributed by atoms with Crippen LogP contribution in [0.25, 0.3) is 0 Å². The molecule has 0 spiro atoms. The standard InChI is InChI=1S/C14H22N2O4/c1-8-7-19-12(6-17)5-16(8)14(18)9(2)13-10(3)15-20-11(13)4/h8-9,12,17H,5-7H2,1-4H3. The van der Waals surface area contributed by atoms with Crippen molar-refractivity contribution >= 4 is 5.91 Å². The lowest BCUT2D eigenvalue weighted by Gasteiger charge is -2.38. The molecule has 6 nitrogen and oxygen atoms in total. The van der Waals surface area contributed by atoms with Crippen molar-refractivity contribution in [2.45, 2.75) is 45.8 Å². The molecule has 0 bridgehead atoms. The molecule has 1 fully saturated rings. The summed E-state index contributed by atoms with van der Waals surface area (Å²) in [5.74, 6) is 0.401. The third-order valence-corrected chi connectivity index (χ3v) is 3.88. The molecule has 2 rings (SSSR count). The molecule has 0 aromatic carbocycles. The van der Waals surface area contributed by atoms with E-state index in [2.05, 4.69) is 5.16 Å². The lowest BCUT2D eigenvalue weighted by Crippen LogP contribution is -2.53. The van der Waals surface area contributed by atoms with Crippen molar-refractivity contribution < 1.29 is 19.2 Å². The fourth-order valence-electron chi connectivity index (χ4n) is 2.72. The normalized spacial score (nSPS) is 24.8. The summed E-state index contributed by atoms with van der Waals surface area (Å²) in [4.78, 5) is 14.5. The summed E-state index contributed by atoms with van der Waals surface area (Å²) in [6.45, 7) is 8.27. The Morgan fingerprint density at radius 3 is 2.80 bits per heavy atom. The first kappa shape index (κ1) is 15.0. The molecule has 3 unspecified atom stereocenters. The minimum Gasteiger partial charge on any atom is -0.394 e. The molecule has 2 heterocycles. The van der Waals surface area contributed by atoms with Crippen molar-refractivity contribution in [3.8, 4) is 0 Å². The molecule has 0 radical (unpaired) electrons. The van der Waals surface area contributed by atoms with Gasteiger partial charge < -0.3 is 19.3 Å². The van der Waals surface area contributed by atoms with Gasteiger partial charge in [0.05, 0.1) is 37.0 Å². The van der Waals surface area contributed by atoms with Crippen LogP contribution in [-0.4, -0.2) is 53.0 Å². The number of hydrogen-bond acceptors (Lipinski definition) is 5. The second kappa shape index (κ2) is 5.93. The number of morpholine rings is 1. The molecule has 3 atom stereocenters. The number of amides is 1. The Labute approximate surface area is 118 Å². The molecular weight excluding hydrogens is 260 g/mol. The van der Waals surface area contributed by atoms with Gasteiger partial charge in [-0.25, -0.2) is 0 Å². The zero-order valence-electron chi connectivity index (χ0n) is 12.4. The number of nitrogens with zero attached hydrogens (tertiary/aromatic N) is 2. The number of aromatic nitrogens is 1. The molecule has 1 N–H and O–H groups in total. The van der Waals surface area contributed by atoms with Crippen LogP contribution in [0.3, 0.4) is 0 Å². The minimum absolute atomic E-state index is 0.00761. The van der Waals surface area contributed by atoms with E-state index in [0.29, 0.717) is 18.9 Å². The van der Waals surface area contributed by atoms with E-state index in [-0.39, 0.29) is 30.6 Å². The monoisotopic (exact) mass is 282 g/mol. The van der Waals surface area contributed by atoms with Gasteiger partial charge in [0.15, 0.2) is 0 Å². The van der Waals surface area contributed by atoms with Gasteiger partial charge in [-0.15, -0.1) is 0 Å². The van der Waals surface area contributed by atoms with E-state index in [0.717, 1.165) is 11.3 Å². The smallest absolute Gasteiger partial charge is 0.230 e. The van der Waals surface area contributed by atoms with E-state index in [9.17, 15) is 9.90 Å². The van der Waals surface area contributed by atoms with Crippen LogP contribution in [-0.2, 0) is 9.53 Å². The van der Waals surface area contributed by atoms with Gasteiger partial charge in [0.1, 0.15) is 5.76 Å². The van der Waals surface area contributed by atoms with Crippen molar-refractivity contribution in [1.82, 2.24) is 10.1 Å². The van der Waals surface area contributed by atoms with Gasteiger partial charge in [-0.2, -0.15) is 0 Å². The summed E-state index contributed by atoms with van der Waals surface area (Å²) in [6.07, 6.45) is -0.299. The highest BCUT2D eigenvalue weighted by atomic mass is 16.5. The Bertz CT molecular complexity index is 466. The zero-order valence-corrected chi connectivity index (χ0v) is 12.4. The number of aliphatic hydroxyl groups excluding tert-OH is 1. The SMILES string of the molecule is Cc1noc(C)c1C(C)C(=O)N1CC(CO)OCC1C. The maximum absolute atomic E-state index is 12.7. The molecule has 6 heteroatoms. The van der Waals surface area contributed by atoms with Gasteiger partial charge in [-0.1, -0.05) is 5.16 Å². The molecule has 1 amide bonds. The number of carbonyl (C=O) groups excluding carboxylic acids is 1. The Morgan fingerprint density at radius 1 is 1.55 bits per heavy atom. The van der Waals surface area contributed by atoms with E-state index in [4.69, 9.17) is 9.26 Å². The molecule has 1 aliphatic rings. The summed E-state index contributed by atoms with van der Waals surface area (Å²) in [7, 11) is 0. The van der Waals surface area contributed by atoms with Gasteiger partial charge in [-0.05, 0) is 27.7 Å². The van der Waals surface area contributed by atoms with Crippen molar-refractivity contribution in [2.75, 3.05) is 19.8 Å². The van der Waals surface area contributed by atoms with Gasteiger partial charge in [0, 0.05) is 12.1 Å². The number of hydrogen-bond donors (Lipinski definition) is 1. The fourth-order valence-corrected chi connectivity index (χ4v) is 2.72. The van der Waals surface area contributed by atoms with E-state index in [1.165, 1.54) is 0 Å². The van der Waals surface area contributed by atoms with E-state index < -0.39 is 0 Å². The van der Waals surface area contributed by atoms with Crippen LogP contribution in [0.2, 0.25) is 0 Å². The largest absolute Gasteiger partial charge is 0.394 e. The van der Waals surface area contributed by atoms with E-state index >= 15 is 0 Å². The third kappa shape index (κ3) is 2.71. The quantitative estimate of drug-likeness (QED) is 0.895. The minimum atomic E-state index is -0.304. The van der Waals surface area contributed by atoms with Crippen LogP contribution >= 0.6 is 0 Å². The summed E-state index contributed by atoms with van der Waals surface area (Å²) in [5, 5.41) is 13.1. The average molecular weight is 282 g/mol. The van der Waals surface area contributed by atoms with Crippen LogP contribution in [0.4, 0.5) is 0 Å². The lowest BCUT2D eigenvalue weighted by molar-refractivity contribution is -0.147. The van der Waals surface area contributed by atoms with Crippen molar-refractivity contribution in [3.05, 3.63) is 17.0 Å². The van der Waals surface area contributed by atoms with E-state index in [1.54, 1.807) is 4.90 Å². The Hall–Kier alpha value is -1.40. The Balaban J connectivity index is 2.17. The second-order valence-corrected chi connectivity index (χ2v) is 5.44. The first-order chi connectivity index (χ1) is 9.45. The first-order valence-electron chi connectivity index (χ1n) is 6.91. The predicted octanol–water partition coefficient (Wildman–Crippen LogP) is 1.00. The molecular formula is C14H22N2O4. The molecule has 1 aliphatic heterocycles. The van der Waals surface area contributed by atoms with Crippen LogP contribution in [0.15, 0.2) is 4.52 Å². The molecule has 1 aromatic heterocycles. The van der Waals surface area contributed by atoms with Crippen molar-refractivity contribution in [1.29, 1.82) is 0 Å². The van der Waals surface area contributed by atoms with Crippen LogP contribution < -0.4 is 0 Å². The molecule has 0 aliphatic carbocycles. The third-order valence-electron chi connectivity index (χ3n) is 3.88. The highest BCUT2D eigenvalue weighted by molar-refractivity contribution is 5.84. The van der Waals surface area contributed by atoms with Gasteiger partial charge in [-0.3, -0.25) is 4.79 Å². The zero-order chi connectivity index (χ0) is 14.9. The van der Waals surface area contributed by atoms with E-state index in [1.807, 2.05) is 27.7 Å². The number of carbonyl (C=O) groups is 1. The highest BCUT2D eigenvalue weighted by Gasteiger charge is 2.34. The highest BCUT2D eigenvalue weighted by Crippen LogP contribution is 2.26. The molecule has 112 valence electrons. The summed E-state index contributed by atoms with van der Waals surface area (Å²) >= 11 is 0. The average Bonchev–Trinajstić information content (AvgIpc) is 2.77. The van der Waals surface area contributed by atoms with Gasteiger partial charge >= 0.3 is 0 Å². The number of aryl methyl sites for hydroxylation is 2. The molecule has 1 saturated heterocycles. The maximum atomic E-state index is 12.7. The number of ether oxygens (including phenoxy) is 1. The first-order valence-corrected chi connectivity index (χ1v) is 6.91. The van der Waals surface area contributed by atoms with Crippen LogP contribution in [0.5, 0.6) is 0 Å². The van der Waals surface area contributed by atoms with Crippen LogP contribution in [0, 0.1) is 13.8 Å². The lowest BCUT2D eigenvalue weighted by atomic mass is 9.97. The maximum Gasteiger partial charge on any atom is 0.230 e. The van der Waals surface area contributed by atoms with Crippen molar-refractivity contribution in [3.63, 3.8) is 0 Å². The van der Waals surface area contributed by atoms with Gasteiger partial charge in [0.2, 0.25) is 5.91 Å². The molecule has 1 aromatic rings. The summed E-state index contributed by atoms with van der Waals surface area (Å²) in [5.41, 5.74) is 1.61. The Kier molecular flexibility index (Phi) is 4.45. The number of aliphatic hydroxyl groups is 1. The topological polar surface area (TPSA) is 75.8 Å². The molecule has 0 saturated carbocycles. The van der Waals surface area contributed by atoms with Crippen LogP contribution in [0.1, 0.15) is 36.8 Å². The number of rotatable bonds is 3. The fraction of sp³-hybridized carbons (Fsp3) is 0.714. The summed E-state index contributed by atoms with van der Waals surface area (Å²) in [6, 6.07) is 0.00761. The molecule has 20 heavy (non-hydrogen) atoms. The summed E-state index contributed by atoms with van der Waals surface area (Å²) < 4.78 is 10.6. The van der Waals surface area contributed by atoms with Gasteiger partial charge in [0.25, 0.3) is 0 Å².